The lowest BCUT2D eigenvalue weighted by molar-refractivity contribution is 0.0839. The van der Waals surface area contributed by atoms with Crippen molar-refractivity contribution in [3.05, 3.63) is 0 Å². The third-order valence-electron chi connectivity index (χ3n) is 4.87. The molecule has 2 rings (SSSR count). The van der Waals surface area contributed by atoms with Gasteiger partial charge >= 0.3 is 0 Å². The Labute approximate surface area is 124 Å². The molecular weight excluding hydrogens is 248 g/mol. The van der Waals surface area contributed by atoms with E-state index in [1.807, 2.05) is 0 Å². The smallest absolute Gasteiger partial charge is 0.0621 e. The van der Waals surface area contributed by atoms with Crippen molar-refractivity contribution in [1.29, 1.82) is 5.26 Å². The van der Waals surface area contributed by atoms with Crippen LogP contribution in [0.15, 0.2) is 0 Å². The lowest BCUT2D eigenvalue weighted by atomic mass is 10.0. The van der Waals surface area contributed by atoms with Crippen molar-refractivity contribution in [1.82, 2.24) is 14.7 Å². The minimum atomic E-state index is 0.716. The standard InChI is InChI=1S/C16H30N4/c1-18-9-6-3-7-16(18)15-20-13-11-19(12-14-20)10-5-2-4-8-17/h16H,2-7,9-15H2,1H3/t16-/m1/s1. The third kappa shape index (κ3) is 5.05. The molecule has 0 aliphatic carbocycles. The molecule has 114 valence electrons. The van der Waals surface area contributed by atoms with Gasteiger partial charge in [-0.3, -0.25) is 4.90 Å². The van der Waals surface area contributed by atoms with Crippen molar-refractivity contribution < 1.29 is 0 Å². The number of unbranched alkanes of at least 4 members (excludes halogenated alkanes) is 2. The molecule has 0 unspecified atom stereocenters. The van der Waals surface area contributed by atoms with E-state index in [2.05, 4.69) is 27.8 Å². The van der Waals surface area contributed by atoms with Crippen molar-refractivity contribution >= 4 is 0 Å². The lowest BCUT2D eigenvalue weighted by Gasteiger charge is -2.40. The minimum absolute atomic E-state index is 0.716. The molecule has 0 spiro atoms. The monoisotopic (exact) mass is 278 g/mol. The minimum Gasteiger partial charge on any atom is -0.302 e. The Morgan fingerprint density at radius 2 is 1.75 bits per heavy atom. The summed E-state index contributed by atoms with van der Waals surface area (Å²) in [6, 6.07) is 3.01. The Kier molecular flexibility index (Phi) is 6.78. The molecule has 2 heterocycles. The molecule has 4 heteroatoms. The molecule has 2 saturated heterocycles. The van der Waals surface area contributed by atoms with Gasteiger partial charge in [-0.2, -0.15) is 5.26 Å². The lowest BCUT2D eigenvalue weighted by Crippen LogP contribution is -2.51. The second kappa shape index (κ2) is 8.61. The number of piperidine rings is 1. The fraction of sp³-hybridized carbons (Fsp3) is 0.938. The van der Waals surface area contributed by atoms with Gasteiger partial charge in [0.05, 0.1) is 6.07 Å². The quantitative estimate of drug-likeness (QED) is 0.694. The van der Waals surface area contributed by atoms with E-state index in [0.29, 0.717) is 6.42 Å². The van der Waals surface area contributed by atoms with Crippen LogP contribution < -0.4 is 0 Å². The zero-order chi connectivity index (χ0) is 14.2. The Balaban J connectivity index is 1.60. The van der Waals surface area contributed by atoms with Crippen LogP contribution in [-0.2, 0) is 0 Å². The first-order valence-electron chi connectivity index (χ1n) is 8.31. The van der Waals surface area contributed by atoms with Gasteiger partial charge in [-0.15, -0.1) is 0 Å². The average Bonchev–Trinajstić information content (AvgIpc) is 2.48. The maximum Gasteiger partial charge on any atom is 0.0621 e. The van der Waals surface area contributed by atoms with Crippen molar-refractivity contribution in [2.75, 3.05) is 52.9 Å². The number of hydrogen-bond acceptors (Lipinski definition) is 4. The van der Waals surface area contributed by atoms with Gasteiger partial charge in [0.1, 0.15) is 0 Å². The largest absolute Gasteiger partial charge is 0.302 e. The average molecular weight is 278 g/mol. The summed E-state index contributed by atoms with van der Waals surface area (Å²) >= 11 is 0. The number of likely N-dealkylation sites (N-methyl/N-ethyl adjacent to an activating group) is 1. The summed E-state index contributed by atoms with van der Waals surface area (Å²) in [5.74, 6) is 0. The molecule has 2 aliphatic rings. The maximum atomic E-state index is 8.54. The number of rotatable bonds is 6. The highest BCUT2D eigenvalue weighted by Crippen LogP contribution is 2.16. The Hall–Kier alpha value is -0.630. The first-order chi connectivity index (χ1) is 9.79. The summed E-state index contributed by atoms with van der Waals surface area (Å²) in [7, 11) is 2.29. The molecule has 20 heavy (non-hydrogen) atoms. The number of nitrogens with zero attached hydrogens (tertiary/aromatic N) is 4. The number of hydrogen-bond donors (Lipinski definition) is 0. The number of nitriles is 1. The van der Waals surface area contributed by atoms with E-state index >= 15 is 0 Å². The van der Waals surface area contributed by atoms with Gasteiger partial charge in [0.25, 0.3) is 0 Å². The van der Waals surface area contributed by atoms with Crippen LogP contribution in [0.4, 0.5) is 0 Å². The molecular formula is C16H30N4. The van der Waals surface area contributed by atoms with Crippen LogP contribution in [-0.4, -0.2) is 73.6 Å². The van der Waals surface area contributed by atoms with Gasteiger partial charge in [-0.25, -0.2) is 0 Å². The van der Waals surface area contributed by atoms with Gasteiger partial charge in [0, 0.05) is 45.2 Å². The van der Waals surface area contributed by atoms with E-state index in [0.717, 1.165) is 12.5 Å². The summed E-state index contributed by atoms with van der Waals surface area (Å²) < 4.78 is 0. The van der Waals surface area contributed by atoms with E-state index in [9.17, 15) is 0 Å². The van der Waals surface area contributed by atoms with Crippen molar-refractivity contribution in [3.8, 4) is 6.07 Å². The summed E-state index contributed by atoms with van der Waals surface area (Å²) in [4.78, 5) is 7.77. The van der Waals surface area contributed by atoms with E-state index in [1.165, 1.54) is 71.5 Å². The summed E-state index contributed by atoms with van der Waals surface area (Å²) in [5.41, 5.74) is 0. The van der Waals surface area contributed by atoms with Gasteiger partial charge in [0.15, 0.2) is 0 Å². The summed E-state index contributed by atoms with van der Waals surface area (Å²) in [5, 5.41) is 8.54. The molecule has 0 N–H and O–H groups in total. The van der Waals surface area contributed by atoms with Crippen molar-refractivity contribution in [2.45, 2.75) is 44.6 Å². The highest BCUT2D eigenvalue weighted by atomic mass is 15.3. The molecule has 0 radical (unpaired) electrons. The van der Waals surface area contributed by atoms with E-state index in [-0.39, 0.29) is 0 Å². The van der Waals surface area contributed by atoms with Crippen LogP contribution >= 0.6 is 0 Å². The highest BCUT2D eigenvalue weighted by molar-refractivity contribution is 4.81. The zero-order valence-electron chi connectivity index (χ0n) is 13.1. The Bertz CT molecular complexity index is 304. The zero-order valence-corrected chi connectivity index (χ0v) is 13.1. The van der Waals surface area contributed by atoms with Gasteiger partial charge in [0.2, 0.25) is 0 Å². The van der Waals surface area contributed by atoms with E-state index in [4.69, 9.17) is 5.26 Å². The second-order valence-electron chi connectivity index (χ2n) is 6.39. The Morgan fingerprint density at radius 1 is 1.00 bits per heavy atom. The van der Waals surface area contributed by atoms with Crippen LogP contribution in [0.3, 0.4) is 0 Å². The van der Waals surface area contributed by atoms with Crippen LogP contribution in [0.1, 0.15) is 38.5 Å². The second-order valence-corrected chi connectivity index (χ2v) is 6.39. The first kappa shape index (κ1) is 15.8. The van der Waals surface area contributed by atoms with Crippen LogP contribution in [0.5, 0.6) is 0 Å². The molecule has 0 amide bonds. The highest BCUT2D eigenvalue weighted by Gasteiger charge is 2.23. The molecule has 2 fully saturated rings. The molecule has 2 aliphatic heterocycles. The molecule has 0 aromatic rings. The topological polar surface area (TPSA) is 33.5 Å². The van der Waals surface area contributed by atoms with Crippen molar-refractivity contribution in [3.63, 3.8) is 0 Å². The summed E-state index contributed by atoms with van der Waals surface area (Å²) in [6.07, 6.45) is 7.12. The fourth-order valence-corrected chi connectivity index (χ4v) is 3.41. The molecule has 0 aromatic heterocycles. The predicted octanol–water partition coefficient (Wildman–Crippen LogP) is 1.78. The maximum absolute atomic E-state index is 8.54. The van der Waals surface area contributed by atoms with Crippen LogP contribution in [0, 0.1) is 11.3 Å². The van der Waals surface area contributed by atoms with Crippen LogP contribution in [0.25, 0.3) is 0 Å². The number of piperazine rings is 1. The molecule has 1 atom stereocenters. The SMILES string of the molecule is CN1CCCC[C@@H]1CN1CCN(CCCCC#N)CC1. The Morgan fingerprint density at radius 3 is 2.45 bits per heavy atom. The summed E-state index contributed by atoms with van der Waals surface area (Å²) in [6.45, 7) is 8.60. The van der Waals surface area contributed by atoms with E-state index < -0.39 is 0 Å². The van der Waals surface area contributed by atoms with E-state index in [1.54, 1.807) is 0 Å². The van der Waals surface area contributed by atoms with Crippen molar-refractivity contribution in [2.24, 2.45) is 0 Å². The van der Waals surface area contributed by atoms with Gasteiger partial charge < -0.3 is 9.80 Å². The van der Waals surface area contributed by atoms with Gasteiger partial charge in [-0.1, -0.05) is 6.42 Å². The third-order valence-corrected chi connectivity index (χ3v) is 4.87. The van der Waals surface area contributed by atoms with Gasteiger partial charge in [-0.05, 0) is 45.8 Å². The van der Waals surface area contributed by atoms with Crippen LogP contribution in [0.2, 0.25) is 0 Å². The first-order valence-corrected chi connectivity index (χ1v) is 8.31. The number of likely N-dealkylation sites (tertiary alicyclic amines) is 1. The molecule has 0 bridgehead atoms. The molecule has 4 nitrogen and oxygen atoms in total. The normalized spacial score (nSPS) is 26.5. The predicted molar refractivity (Wildman–Crippen MR) is 82.6 cm³/mol. The fourth-order valence-electron chi connectivity index (χ4n) is 3.41. The molecule has 0 saturated carbocycles. The molecule has 0 aromatic carbocycles.